The standard InChI is InChI=1S/C26H23I3O9S/c1-9(2)11-8-16(10(3)6-17(11)39(33,34)35)36-24(30)18-12-7-13-19(18)25(31)37-22(13)23(12)38-26(32)20-14(27)4-5-15(28)21(20)29/h4-6,8-9,12-13,18-19,22-23H,7H2,1-3H3,(H,33,34,35). The number of hydrogen-bond donors (Lipinski definition) is 1. The van der Waals surface area contributed by atoms with Gasteiger partial charge in [-0.3, -0.25) is 14.1 Å². The number of halogens is 3. The van der Waals surface area contributed by atoms with E-state index in [1.165, 1.54) is 12.1 Å². The van der Waals surface area contributed by atoms with Crippen LogP contribution in [-0.4, -0.2) is 43.1 Å². The monoisotopic (exact) mass is 892 g/mol. The van der Waals surface area contributed by atoms with Crippen LogP contribution < -0.4 is 4.74 Å². The summed E-state index contributed by atoms with van der Waals surface area (Å²) in [5.41, 5.74) is 1.07. The first-order chi connectivity index (χ1) is 18.2. The van der Waals surface area contributed by atoms with Crippen LogP contribution in [0.15, 0.2) is 29.2 Å². The second kappa shape index (κ2) is 10.7. The minimum absolute atomic E-state index is 0.137. The minimum atomic E-state index is -4.49. The molecule has 2 bridgehead atoms. The number of carbonyl (C=O) groups excluding carboxylic acids is 3. The molecule has 2 saturated carbocycles. The van der Waals surface area contributed by atoms with Gasteiger partial charge in [0.1, 0.15) is 18.0 Å². The number of rotatable bonds is 6. The van der Waals surface area contributed by atoms with Gasteiger partial charge in [-0.25, -0.2) is 4.79 Å². The SMILES string of the molecule is Cc1cc(S(=O)(=O)O)c(C(C)C)cc1OC(=O)C1C2CC3C(OC(=O)C31)C2OC(=O)c1c(I)ccc(I)c1I. The van der Waals surface area contributed by atoms with Gasteiger partial charge in [-0.05, 0) is 122 Å². The molecule has 0 amide bonds. The maximum Gasteiger partial charge on any atom is 0.340 e. The van der Waals surface area contributed by atoms with Crippen molar-refractivity contribution in [2.75, 3.05) is 0 Å². The van der Waals surface area contributed by atoms with Gasteiger partial charge in [0.25, 0.3) is 10.1 Å². The fourth-order valence-corrected chi connectivity index (χ4v) is 9.25. The molecule has 2 aliphatic carbocycles. The Morgan fingerprint density at radius 3 is 2.41 bits per heavy atom. The first-order valence-corrected chi connectivity index (χ1v) is 16.8. The highest BCUT2D eigenvalue weighted by Crippen LogP contribution is 2.59. The molecule has 6 atom stereocenters. The van der Waals surface area contributed by atoms with Gasteiger partial charge in [0.15, 0.2) is 0 Å². The first-order valence-electron chi connectivity index (χ1n) is 12.1. The summed E-state index contributed by atoms with van der Waals surface area (Å²) in [4.78, 5) is 39.4. The van der Waals surface area contributed by atoms with Crippen LogP contribution in [0.4, 0.5) is 0 Å². The molecule has 6 unspecified atom stereocenters. The Morgan fingerprint density at radius 2 is 1.77 bits per heavy atom. The van der Waals surface area contributed by atoms with E-state index in [2.05, 4.69) is 67.8 Å². The molecule has 1 N–H and O–H groups in total. The van der Waals surface area contributed by atoms with Gasteiger partial charge in [-0.1, -0.05) is 13.8 Å². The molecule has 2 aromatic carbocycles. The summed E-state index contributed by atoms with van der Waals surface area (Å²) in [6, 6.07) is 6.43. The first kappa shape index (κ1) is 29.4. The molecule has 1 heterocycles. The van der Waals surface area contributed by atoms with E-state index in [1.807, 2.05) is 12.1 Å². The molecule has 1 saturated heterocycles. The smallest absolute Gasteiger partial charge is 0.340 e. The molecule has 0 aromatic heterocycles. The normalized spacial score (nSPS) is 27.1. The van der Waals surface area contributed by atoms with E-state index in [0.717, 1.165) is 10.7 Å². The van der Waals surface area contributed by atoms with Crippen molar-refractivity contribution in [3.8, 4) is 5.75 Å². The molecule has 3 aliphatic rings. The van der Waals surface area contributed by atoms with E-state index in [9.17, 15) is 27.4 Å². The molecule has 0 radical (unpaired) electrons. The van der Waals surface area contributed by atoms with Crippen molar-refractivity contribution in [2.45, 2.75) is 50.2 Å². The third-order valence-electron chi connectivity index (χ3n) is 7.73. The van der Waals surface area contributed by atoms with Crippen molar-refractivity contribution in [1.29, 1.82) is 0 Å². The maximum atomic E-state index is 13.6. The zero-order valence-corrected chi connectivity index (χ0v) is 28.1. The van der Waals surface area contributed by atoms with Crippen LogP contribution in [0.2, 0.25) is 0 Å². The van der Waals surface area contributed by atoms with Crippen molar-refractivity contribution in [2.24, 2.45) is 23.7 Å². The van der Waals surface area contributed by atoms with Crippen LogP contribution in [0.5, 0.6) is 5.75 Å². The molecular weight excluding hydrogens is 869 g/mol. The number of benzene rings is 2. The zero-order chi connectivity index (χ0) is 28.5. The largest absolute Gasteiger partial charge is 0.458 e. The lowest BCUT2D eigenvalue weighted by Gasteiger charge is -2.30. The van der Waals surface area contributed by atoms with Crippen LogP contribution in [0.1, 0.15) is 47.7 Å². The van der Waals surface area contributed by atoms with Crippen LogP contribution >= 0.6 is 67.8 Å². The third-order valence-corrected chi connectivity index (χ3v) is 12.6. The molecule has 13 heteroatoms. The molecular formula is C26H23I3O9S. The Labute approximate surface area is 266 Å². The van der Waals surface area contributed by atoms with Gasteiger partial charge in [0, 0.05) is 22.5 Å². The van der Waals surface area contributed by atoms with Gasteiger partial charge in [0.05, 0.1) is 22.3 Å². The van der Waals surface area contributed by atoms with Crippen molar-refractivity contribution in [3.63, 3.8) is 0 Å². The fourth-order valence-electron chi connectivity index (χ4n) is 6.00. The Morgan fingerprint density at radius 1 is 1.10 bits per heavy atom. The highest BCUT2D eigenvalue weighted by molar-refractivity contribution is 14.1. The maximum absolute atomic E-state index is 13.6. The molecule has 208 valence electrons. The molecule has 0 spiro atoms. The molecule has 3 fully saturated rings. The molecule has 39 heavy (non-hydrogen) atoms. The second-order valence-electron chi connectivity index (χ2n) is 10.3. The van der Waals surface area contributed by atoms with Gasteiger partial charge in [-0.2, -0.15) is 8.42 Å². The Balaban J connectivity index is 1.43. The number of ether oxygens (including phenoxy) is 3. The van der Waals surface area contributed by atoms with Crippen LogP contribution in [-0.2, 0) is 29.2 Å². The summed E-state index contributed by atoms with van der Waals surface area (Å²) < 4.78 is 53.2. The van der Waals surface area contributed by atoms with Gasteiger partial charge in [0.2, 0.25) is 0 Å². The van der Waals surface area contributed by atoms with Crippen molar-refractivity contribution in [1.82, 2.24) is 0 Å². The number of aryl methyl sites for hydroxylation is 1. The number of carbonyl (C=O) groups is 3. The summed E-state index contributed by atoms with van der Waals surface area (Å²) in [5.74, 6) is -4.16. The van der Waals surface area contributed by atoms with Gasteiger partial charge in [-0.15, -0.1) is 0 Å². The Hall–Kier alpha value is -1.05. The lowest BCUT2D eigenvalue weighted by molar-refractivity contribution is -0.149. The number of fused-ring (bicyclic) bond motifs is 1. The van der Waals surface area contributed by atoms with Crippen molar-refractivity contribution >= 4 is 95.8 Å². The summed E-state index contributed by atoms with van der Waals surface area (Å²) >= 11 is 6.32. The summed E-state index contributed by atoms with van der Waals surface area (Å²) in [7, 11) is -4.49. The topological polar surface area (TPSA) is 133 Å². The highest BCUT2D eigenvalue weighted by atomic mass is 127. The summed E-state index contributed by atoms with van der Waals surface area (Å²) in [5, 5.41) is 0. The molecule has 5 rings (SSSR count). The van der Waals surface area contributed by atoms with Crippen LogP contribution in [0.3, 0.4) is 0 Å². The number of esters is 3. The van der Waals surface area contributed by atoms with E-state index < -0.39 is 58.0 Å². The lowest BCUT2D eigenvalue weighted by Crippen LogP contribution is -2.44. The zero-order valence-electron chi connectivity index (χ0n) is 20.8. The van der Waals surface area contributed by atoms with Crippen molar-refractivity contribution < 1.29 is 41.6 Å². The number of hydrogen-bond acceptors (Lipinski definition) is 8. The Bertz CT molecular complexity index is 1520. The predicted octanol–water partition coefficient (Wildman–Crippen LogP) is 5.12. The summed E-state index contributed by atoms with van der Waals surface area (Å²) in [6.07, 6.45) is -0.916. The molecule has 1 aliphatic heterocycles. The fraction of sp³-hybridized carbons (Fsp3) is 0.423. The predicted molar refractivity (Wildman–Crippen MR) is 163 cm³/mol. The van der Waals surface area contributed by atoms with Gasteiger partial charge < -0.3 is 14.2 Å². The highest BCUT2D eigenvalue weighted by Gasteiger charge is 2.70. The molecule has 2 aromatic rings. The van der Waals surface area contributed by atoms with E-state index >= 15 is 0 Å². The van der Waals surface area contributed by atoms with Crippen molar-refractivity contribution in [3.05, 3.63) is 51.7 Å². The van der Waals surface area contributed by atoms with Crippen LogP contribution in [0.25, 0.3) is 0 Å². The Kier molecular flexibility index (Phi) is 8.04. The summed E-state index contributed by atoms with van der Waals surface area (Å²) in [6.45, 7) is 5.08. The molecule has 9 nitrogen and oxygen atoms in total. The average molecular weight is 892 g/mol. The quantitative estimate of drug-likeness (QED) is 0.138. The van der Waals surface area contributed by atoms with E-state index in [0.29, 0.717) is 23.1 Å². The second-order valence-corrected chi connectivity index (χ2v) is 15.1. The average Bonchev–Trinajstić information content (AvgIpc) is 3.46. The lowest BCUT2D eigenvalue weighted by atomic mass is 9.78. The minimum Gasteiger partial charge on any atom is -0.458 e. The van der Waals surface area contributed by atoms with E-state index in [-0.39, 0.29) is 22.5 Å². The third kappa shape index (κ3) is 5.11. The van der Waals surface area contributed by atoms with Gasteiger partial charge >= 0.3 is 17.9 Å². The van der Waals surface area contributed by atoms with E-state index in [4.69, 9.17) is 14.2 Å². The van der Waals surface area contributed by atoms with Crippen LogP contribution in [0, 0.1) is 41.3 Å². The van der Waals surface area contributed by atoms with E-state index in [1.54, 1.807) is 20.8 Å².